The quantitative estimate of drug-likeness (QED) is 0.285. The van der Waals surface area contributed by atoms with Crippen LogP contribution >= 0.6 is 0 Å². The zero-order chi connectivity index (χ0) is 29.6. The van der Waals surface area contributed by atoms with Gasteiger partial charge in [0.2, 0.25) is 0 Å². The summed E-state index contributed by atoms with van der Waals surface area (Å²) in [5.74, 6) is 11.5. The minimum atomic E-state index is 0.984. The van der Waals surface area contributed by atoms with Crippen LogP contribution in [0.4, 0.5) is 0 Å². The summed E-state index contributed by atoms with van der Waals surface area (Å²) in [7, 11) is 0. The van der Waals surface area contributed by atoms with E-state index >= 15 is 0 Å². The largest absolute Gasteiger partial charge is 0.0654 e. The maximum Gasteiger partial charge on any atom is -0.0332 e. The van der Waals surface area contributed by atoms with Crippen LogP contribution < -0.4 is 0 Å². The molecule has 5 fully saturated rings. The minimum absolute atomic E-state index is 0.984. The molecule has 0 aromatic rings. The van der Waals surface area contributed by atoms with Gasteiger partial charge < -0.3 is 0 Å². The molecule has 0 aromatic carbocycles. The highest BCUT2D eigenvalue weighted by Crippen LogP contribution is 2.49. The van der Waals surface area contributed by atoms with Crippen LogP contribution in [0.3, 0.4) is 0 Å². The van der Waals surface area contributed by atoms with E-state index in [0.717, 1.165) is 65.1 Å². The highest BCUT2D eigenvalue weighted by atomic mass is 14.5. The molecule has 0 radical (unpaired) electrons. The topological polar surface area (TPSA) is 0 Å². The Bertz CT molecular complexity index is 636. The molecule has 0 heteroatoms. The highest BCUT2D eigenvalue weighted by Gasteiger charge is 2.40. The highest BCUT2D eigenvalue weighted by molar-refractivity contribution is 4.90. The first-order chi connectivity index (χ1) is 19.9. The Morgan fingerprint density at radius 3 is 1.76 bits per heavy atom. The molecule has 0 N–H and O–H groups in total. The Labute approximate surface area is 260 Å². The lowest BCUT2D eigenvalue weighted by molar-refractivity contribution is 0.0248. The smallest absolute Gasteiger partial charge is 0.0332 e. The van der Waals surface area contributed by atoms with Gasteiger partial charge in [-0.05, 0) is 90.8 Å². The number of fused-ring (bicyclic) bond motifs is 1. The molecular weight excluding hydrogens is 492 g/mol. The van der Waals surface area contributed by atoms with Gasteiger partial charge in [0.05, 0.1) is 0 Å². The molecule has 242 valence electrons. The van der Waals surface area contributed by atoms with Crippen LogP contribution in [0.15, 0.2) is 0 Å². The number of hydrogen-bond donors (Lipinski definition) is 0. The summed E-state index contributed by atoms with van der Waals surface area (Å²) in [5, 5.41) is 0. The third kappa shape index (κ3) is 11.1. The first kappa shape index (κ1) is 35.5. The lowest BCUT2D eigenvalue weighted by atomic mass is 9.58. The lowest BCUT2D eigenvalue weighted by Crippen LogP contribution is -2.39. The SMILES string of the molecule is CCC1CCC2CCCC(C)C2C1C.CCC1CCCC(C2CCCCC2)C1C.CCCC(C)CC1CCCCC1. The van der Waals surface area contributed by atoms with Crippen LogP contribution in [-0.4, -0.2) is 0 Å². The monoisotopic (exact) mass is 571 g/mol. The Morgan fingerprint density at radius 2 is 1.12 bits per heavy atom. The van der Waals surface area contributed by atoms with Gasteiger partial charge in [0, 0.05) is 0 Å². The molecule has 0 spiro atoms. The fourth-order valence-electron chi connectivity index (χ4n) is 11.3. The summed E-state index contributed by atoms with van der Waals surface area (Å²) in [6.07, 6.45) is 34.5. The van der Waals surface area contributed by atoms with Crippen molar-refractivity contribution >= 4 is 0 Å². The summed E-state index contributed by atoms with van der Waals surface area (Å²) in [6, 6.07) is 0. The van der Waals surface area contributed by atoms with Gasteiger partial charge in [0.1, 0.15) is 0 Å². The van der Waals surface area contributed by atoms with E-state index in [1.54, 1.807) is 19.3 Å². The van der Waals surface area contributed by atoms with E-state index in [0.29, 0.717) is 0 Å². The molecule has 0 heterocycles. The van der Waals surface area contributed by atoms with Crippen LogP contribution in [0.1, 0.15) is 196 Å². The van der Waals surface area contributed by atoms with Gasteiger partial charge in [0.25, 0.3) is 0 Å². The molecule has 5 aliphatic rings. The maximum absolute atomic E-state index is 2.55. The van der Waals surface area contributed by atoms with Crippen molar-refractivity contribution in [1.82, 2.24) is 0 Å². The molecule has 9 unspecified atom stereocenters. The molecule has 5 rings (SSSR count). The summed E-state index contributed by atoms with van der Waals surface area (Å²) >= 11 is 0. The second kappa shape index (κ2) is 19.4. The molecule has 0 bridgehead atoms. The van der Waals surface area contributed by atoms with E-state index in [9.17, 15) is 0 Å². The van der Waals surface area contributed by atoms with Gasteiger partial charge in [-0.1, -0.05) is 170 Å². The predicted molar refractivity (Wildman–Crippen MR) is 184 cm³/mol. The normalized spacial score (nSPS) is 37.5. The van der Waals surface area contributed by atoms with Crippen LogP contribution in [0.5, 0.6) is 0 Å². The third-order valence-electron chi connectivity index (χ3n) is 13.8. The fraction of sp³-hybridized carbons (Fsp3) is 1.00. The molecule has 5 aliphatic carbocycles. The third-order valence-corrected chi connectivity index (χ3v) is 13.8. The Morgan fingerprint density at radius 1 is 0.537 bits per heavy atom. The summed E-state index contributed by atoms with van der Waals surface area (Å²) < 4.78 is 0. The van der Waals surface area contributed by atoms with Crippen molar-refractivity contribution < 1.29 is 0 Å². The first-order valence-corrected chi connectivity index (χ1v) is 19.9. The Kier molecular flexibility index (Phi) is 16.8. The van der Waals surface area contributed by atoms with Gasteiger partial charge in [-0.25, -0.2) is 0 Å². The average molecular weight is 571 g/mol. The molecule has 41 heavy (non-hydrogen) atoms. The Balaban J connectivity index is 0.000000170. The van der Waals surface area contributed by atoms with Gasteiger partial charge in [0.15, 0.2) is 0 Å². The number of rotatable bonds is 7. The molecule has 5 saturated carbocycles. The lowest BCUT2D eigenvalue weighted by Gasteiger charge is -2.47. The van der Waals surface area contributed by atoms with E-state index in [2.05, 4.69) is 48.5 Å². The first-order valence-electron chi connectivity index (χ1n) is 19.9. The van der Waals surface area contributed by atoms with Gasteiger partial charge >= 0.3 is 0 Å². The predicted octanol–water partition coefficient (Wildman–Crippen LogP) is 13.9. The molecule has 9 atom stereocenters. The summed E-state index contributed by atoms with van der Waals surface area (Å²) in [6.45, 7) is 17.1. The van der Waals surface area contributed by atoms with E-state index in [1.807, 2.05) is 0 Å². The molecule has 0 nitrogen and oxygen atoms in total. The Hall–Kier alpha value is 0. The zero-order valence-corrected chi connectivity index (χ0v) is 29.6. The summed E-state index contributed by atoms with van der Waals surface area (Å²) in [4.78, 5) is 0. The van der Waals surface area contributed by atoms with Crippen molar-refractivity contribution in [1.29, 1.82) is 0 Å². The minimum Gasteiger partial charge on any atom is -0.0654 e. The van der Waals surface area contributed by atoms with Crippen molar-refractivity contribution in [2.24, 2.45) is 65.1 Å². The van der Waals surface area contributed by atoms with Crippen LogP contribution in [-0.2, 0) is 0 Å². The zero-order valence-electron chi connectivity index (χ0n) is 29.6. The molecular formula is C41H78. The van der Waals surface area contributed by atoms with E-state index in [4.69, 9.17) is 0 Å². The second-order valence-corrected chi connectivity index (χ2v) is 16.5. The van der Waals surface area contributed by atoms with Crippen molar-refractivity contribution in [3.05, 3.63) is 0 Å². The van der Waals surface area contributed by atoms with E-state index < -0.39 is 0 Å². The molecule has 0 aliphatic heterocycles. The van der Waals surface area contributed by atoms with E-state index in [1.165, 1.54) is 128 Å². The van der Waals surface area contributed by atoms with Crippen molar-refractivity contribution in [3.8, 4) is 0 Å². The second-order valence-electron chi connectivity index (χ2n) is 16.5. The van der Waals surface area contributed by atoms with Gasteiger partial charge in [-0.3, -0.25) is 0 Å². The van der Waals surface area contributed by atoms with Crippen molar-refractivity contribution in [2.75, 3.05) is 0 Å². The molecule has 0 aromatic heterocycles. The number of hydrogen-bond acceptors (Lipinski definition) is 0. The van der Waals surface area contributed by atoms with Crippen molar-refractivity contribution in [2.45, 2.75) is 196 Å². The van der Waals surface area contributed by atoms with Crippen LogP contribution in [0, 0.1) is 65.1 Å². The van der Waals surface area contributed by atoms with Gasteiger partial charge in [-0.15, -0.1) is 0 Å². The molecule has 0 saturated heterocycles. The summed E-state index contributed by atoms with van der Waals surface area (Å²) in [5.41, 5.74) is 0. The molecule has 0 amide bonds. The maximum atomic E-state index is 2.55. The van der Waals surface area contributed by atoms with Crippen LogP contribution in [0.25, 0.3) is 0 Å². The average Bonchev–Trinajstić information content (AvgIpc) is 2.99. The van der Waals surface area contributed by atoms with Crippen molar-refractivity contribution in [3.63, 3.8) is 0 Å². The van der Waals surface area contributed by atoms with E-state index in [-0.39, 0.29) is 0 Å². The standard InChI is InChI=1S/C15H28.C14H26.C12H24/c1-3-13-10-7-11-15(12(13)2)14-8-5-4-6-9-14;1-4-12-8-9-13-7-5-6-10(2)14(13)11(12)3;1-3-7-11(2)10-12-8-5-4-6-9-12/h12-15H,3-11H2,1-2H3;10-14H,4-9H2,1-3H3;11-12H,3-10H2,1-2H3. The van der Waals surface area contributed by atoms with Crippen LogP contribution in [0.2, 0.25) is 0 Å². The fourth-order valence-corrected chi connectivity index (χ4v) is 11.3. The van der Waals surface area contributed by atoms with Gasteiger partial charge in [-0.2, -0.15) is 0 Å².